The van der Waals surface area contributed by atoms with Gasteiger partial charge in [0.25, 0.3) is 0 Å². The predicted octanol–water partition coefficient (Wildman–Crippen LogP) is 2.94. The van der Waals surface area contributed by atoms with Crippen LogP contribution in [0, 0.1) is 5.92 Å². The number of piperidine rings is 1. The van der Waals surface area contributed by atoms with Gasteiger partial charge in [0.2, 0.25) is 0 Å². The quantitative estimate of drug-likeness (QED) is 0.389. The van der Waals surface area contributed by atoms with Gasteiger partial charge in [0.1, 0.15) is 0 Å². The normalized spacial score (nSPS) is 27.3. The van der Waals surface area contributed by atoms with Crippen LogP contribution < -0.4 is 5.73 Å². The summed E-state index contributed by atoms with van der Waals surface area (Å²) in [7, 11) is 0. The number of likely N-dealkylation sites (tertiary alicyclic amines) is 1. The SMILES string of the molecule is N/C(=N/O)c1ccc(CN2CCC[C@H]3CCCC[C@H]32)cc1. The minimum atomic E-state index is 0.173. The third-order valence-electron chi connectivity index (χ3n) is 5.10. The Kier molecular flexibility index (Phi) is 4.44. The number of amidine groups is 1. The Morgan fingerprint density at radius 1 is 1.14 bits per heavy atom. The topological polar surface area (TPSA) is 61.9 Å². The number of fused-ring (bicyclic) bond motifs is 1. The lowest BCUT2D eigenvalue weighted by atomic mass is 9.78. The van der Waals surface area contributed by atoms with E-state index in [1.807, 2.05) is 12.1 Å². The van der Waals surface area contributed by atoms with Gasteiger partial charge in [0, 0.05) is 18.2 Å². The van der Waals surface area contributed by atoms with Gasteiger partial charge in [-0.25, -0.2) is 0 Å². The zero-order valence-electron chi connectivity index (χ0n) is 12.5. The van der Waals surface area contributed by atoms with Gasteiger partial charge >= 0.3 is 0 Å². The van der Waals surface area contributed by atoms with Crippen LogP contribution in [-0.4, -0.2) is 28.5 Å². The molecule has 0 aromatic heterocycles. The van der Waals surface area contributed by atoms with E-state index in [9.17, 15) is 0 Å². The highest BCUT2D eigenvalue weighted by Gasteiger charge is 2.32. The molecule has 0 amide bonds. The van der Waals surface area contributed by atoms with Crippen LogP contribution in [0.4, 0.5) is 0 Å². The van der Waals surface area contributed by atoms with Gasteiger partial charge in [0.05, 0.1) is 0 Å². The zero-order valence-corrected chi connectivity index (χ0v) is 12.5. The number of nitrogens with zero attached hydrogens (tertiary/aromatic N) is 2. The lowest BCUT2D eigenvalue weighted by Gasteiger charge is -2.44. The van der Waals surface area contributed by atoms with Gasteiger partial charge in [-0.05, 0) is 43.7 Å². The van der Waals surface area contributed by atoms with Crippen LogP contribution in [-0.2, 0) is 6.54 Å². The highest BCUT2D eigenvalue weighted by Crippen LogP contribution is 2.35. The van der Waals surface area contributed by atoms with Crippen LogP contribution in [0.5, 0.6) is 0 Å². The summed E-state index contributed by atoms with van der Waals surface area (Å²) < 4.78 is 0. The first kappa shape index (κ1) is 14.4. The predicted molar refractivity (Wildman–Crippen MR) is 84.3 cm³/mol. The second-order valence-electron chi connectivity index (χ2n) is 6.41. The molecule has 2 atom stereocenters. The second kappa shape index (κ2) is 6.48. The molecule has 1 saturated heterocycles. The molecule has 0 bridgehead atoms. The van der Waals surface area contributed by atoms with Crippen LogP contribution >= 0.6 is 0 Å². The molecule has 4 nitrogen and oxygen atoms in total. The first-order chi connectivity index (χ1) is 10.3. The summed E-state index contributed by atoms with van der Waals surface area (Å²) in [4.78, 5) is 2.67. The van der Waals surface area contributed by atoms with E-state index in [0.29, 0.717) is 0 Å². The van der Waals surface area contributed by atoms with Crippen molar-refractivity contribution in [1.29, 1.82) is 0 Å². The zero-order chi connectivity index (χ0) is 14.7. The largest absolute Gasteiger partial charge is 0.409 e. The van der Waals surface area contributed by atoms with Crippen molar-refractivity contribution in [1.82, 2.24) is 4.90 Å². The molecule has 21 heavy (non-hydrogen) atoms. The van der Waals surface area contributed by atoms with Crippen LogP contribution in [0.1, 0.15) is 49.7 Å². The van der Waals surface area contributed by atoms with Crippen molar-refractivity contribution in [3.63, 3.8) is 0 Å². The minimum absolute atomic E-state index is 0.173. The molecule has 3 N–H and O–H groups in total. The van der Waals surface area contributed by atoms with Gasteiger partial charge in [0.15, 0.2) is 5.84 Å². The molecule has 1 aliphatic heterocycles. The van der Waals surface area contributed by atoms with Crippen molar-refractivity contribution >= 4 is 5.84 Å². The number of rotatable bonds is 3. The van der Waals surface area contributed by atoms with E-state index in [0.717, 1.165) is 24.1 Å². The van der Waals surface area contributed by atoms with Gasteiger partial charge in [-0.15, -0.1) is 0 Å². The molecule has 114 valence electrons. The van der Waals surface area contributed by atoms with Crippen molar-refractivity contribution in [3.05, 3.63) is 35.4 Å². The fourth-order valence-corrected chi connectivity index (χ4v) is 4.00. The molecule has 0 radical (unpaired) electrons. The number of hydrogen-bond donors (Lipinski definition) is 2. The lowest BCUT2D eigenvalue weighted by molar-refractivity contribution is 0.0547. The number of hydrogen-bond acceptors (Lipinski definition) is 3. The fraction of sp³-hybridized carbons (Fsp3) is 0.588. The Morgan fingerprint density at radius 2 is 1.86 bits per heavy atom. The Balaban J connectivity index is 1.67. The molecule has 2 fully saturated rings. The molecule has 1 saturated carbocycles. The van der Waals surface area contributed by atoms with Crippen molar-refractivity contribution in [2.24, 2.45) is 16.8 Å². The Bertz CT molecular complexity index is 495. The van der Waals surface area contributed by atoms with Gasteiger partial charge in [-0.3, -0.25) is 4.90 Å². The van der Waals surface area contributed by atoms with E-state index < -0.39 is 0 Å². The van der Waals surface area contributed by atoms with Gasteiger partial charge < -0.3 is 10.9 Å². The van der Waals surface area contributed by atoms with Gasteiger partial charge in [-0.1, -0.05) is 42.3 Å². The molecule has 0 unspecified atom stereocenters. The molecular weight excluding hydrogens is 262 g/mol. The molecule has 1 aromatic rings. The maximum atomic E-state index is 8.70. The Labute approximate surface area is 126 Å². The summed E-state index contributed by atoms with van der Waals surface area (Å²) in [5, 5.41) is 11.7. The molecule has 4 heteroatoms. The monoisotopic (exact) mass is 287 g/mol. The number of oxime groups is 1. The van der Waals surface area contributed by atoms with Crippen LogP contribution in [0.2, 0.25) is 0 Å². The summed E-state index contributed by atoms with van der Waals surface area (Å²) in [6.07, 6.45) is 8.35. The van der Waals surface area contributed by atoms with Crippen LogP contribution in [0.15, 0.2) is 29.4 Å². The van der Waals surface area contributed by atoms with E-state index in [1.54, 1.807) is 0 Å². The number of nitrogens with two attached hydrogens (primary N) is 1. The van der Waals surface area contributed by atoms with E-state index in [2.05, 4.69) is 22.2 Å². The molecular formula is C17H25N3O. The molecule has 2 aliphatic rings. The molecule has 1 heterocycles. The summed E-state index contributed by atoms with van der Waals surface area (Å²) in [6.45, 7) is 2.25. The molecule has 1 aromatic carbocycles. The maximum absolute atomic E-state index is 8.70. The first-order valence-corrected chi connectivity index (χ1v) is 8.09. The van der Waals surface area contributed by atoms with E-state index in [1.165, 1.54) is 50.6 Å². The standard InChI is InChI=1S/C17H25N3O/c18-17(19-21)15-9-7-13(8-10-15)12-20-11-3-5-14-4-1-2-6-16(14)20/h7-10,14,16,21H,1-6,11-12H2,(H2,18,19)/t14-,16-/m1/s1. The van der Waals surface area contributed by atoms with Crippen molar-refractivity contribution < 1.29 is 5.21 Å². The lowest BCUT2D eigenvalue weighted by Crippen LogP contribution is -2.46. The summed E-state index contributed by atoms with van der Waals surface area (Å²) >= 11 is 0. The average Bonchev–Trinajstić information content (AvgIpc) is 2.55. The third kappa shape index (κ3) is 3.21. The second-order valence-corrected chi connectivity index (χ2v) is 6.41. The summed E-state index contributed by atoms with van der Waals surface area (Å²) in [6, 6.07) is 8.86. The summed E-state index contributed by atoms with van der Waals surface area (Å²) in [5.41, 5.74) is 7.69. The average molecular weight is 287 g/mol. The number of benzene rings is 1. The highest BCUT2D eigenvalue weighted by atomic mass is 16.4. The first-order valence-electron chi connectivity index (χ1n) is 8.09. The Morgan fingerprint density at radius 3 is 2.62 bits per heavy atom. The Hall–Kier alpha value is -1.55. The fourth-order valence-electron chi connectivity index (χ4n) is 4.00. The third-order valence-corrected chi connectivity index (χ3v) is 5.10. The van der Waals surface area contributed by atoms with Crippen LogP contribution in [0.25, 0.3) is 0 Å². The van der Waals surface area contributed by atoms with E-state index in [-0.39, 0.29) is 5.84 Å². The minimum Gasteiger partial charge on any atom is -0.409 e. The maximum Gasteiger partial charge on any atom is 0.170 e. The highest BCUT2D eigenvalue weighted by molar-refractivity contribution is 5.96. The van der Waals surface area contributed by atoms with E-state index in [4.69, 9.17) is 10.9 Å². The van der Waals surface area contributed by atoms with Gasteiger partial charge in [-0.2, -0.15) is 0 Å². The van der Waals surface area contributed by atoms with Crippen molar-refractivity contribution in [2.75, 3.05) is 6.54 Å². The molecule has 1 aliphatic carbocycles. The van der Waals surface area contributed by atoms with Crippen LogP contribution in [0.3, 0.4) is 0 Å². The van der Waals surface area contributed by atoms with Crippen molar-refractivity contribution in [3.8, 4) is 0 Å². The smallest absolute Gasteiger partial charge is 0.170 e. The van der Waals surface area contributed by atoms with E-state index >= 15 is 0 Å². The molecule has 3 rings (SSSR count). The summed E-state index contributed by atoms with van der Waals surface area (Å²) in [5.74, 6) is 1.09. The molecule has 0 spiro atoms. The van der Waals surface area contributed by atoms with Crippen molar-refractivity contribution in [2.45, 2.75) is 51.1 Å².